The number of nitro groups is 1. The van der Waals surface area contributed by atoms with E-state index in [1.54, 1.807) is 6.07 Å². The predicted molar refractivity (Wildman–Crippen MR) is 117 cm³/mol. The number of hydrogen-bond acceptors (Lipinski definition) is 5. The van der Waals surface area contributed by atoms with Crippen LogP contribution < -0.4 is 15.0 Å². The van der Waals surface area contributed by atoms with E-state index in [4.69, 9.17) is 4.74 Å². The van der Waals surface area contributed by atoms with Gasteiger partial charge in [-0.25, -0.2) is 0 Å². The third kappa shape index (κ3) is 3.92. The quantitative estimate of drug-likeness (QED) is 0.495. The van der Waals surface area contributed by atoms with E-state index in [9.17, 15) is 19.7 Å². The molecule has 8 nitrogen and oxygen atoms in total. The first-order valence-corrected chi connectivity index (χ1v) is 9.89. The maximum atomic E-state index is 13.0. The minimum Gasteiger partial charge on any atom is -0.478 e. The van der Waals surface area contributed by atoms with Crippen LogP contribution in [-0.2, 0) is 9.59 Å². The molecule has 4 rings (SSSR count). The second kappa shape index (κ2) is 8.06. The van der Waals surface area contributed by atoms with E-state index >= 15 is 0 Å². The Labute approximate surface area is 178 Å². The van der Waals surface area contributed by atoms with E-state index in [2.05, 4.69) is 5.32 Å². The molecule has 0 aliphatic carbocycles. The second-order valence-corrected chi connectivity index (χ2v) is 7.69. The molecule has 1 atom stereocenters. The van der Waals surface area contributed by atoms with E-state index in [1.165, 1.54) is 23.1 Å². The number of rotatable bonds is 5. The van der Waals surface area contributed by atoms with Gasteiger partial charge in [0.05, 0.1) is 16.7 Å². The summed E-state index contributed by atoms with van der Waals surface area (Å²) in [5.74, 6) is -0.697. The van der Waals surface area contributed by atoms with Crippen molar-refractivity contribution in [3.05, 3.63) is 70.8 Å². The number of nitrogens with one attached hydrogen (secondary N) is 1. The Hall–Kier alpha value is -3.94. The van der Waals surface area contributed by atoms with Crippen LogP contribution in [-0.4, -0.2) is 29.4 Å². The summed E-state index contributed by atoms with van der Waals surface area (Å²) in [6, 6.07) is 17.3. The Kier molecular flexibility index (Phi) is 5.29. The van der Waals surface area contributed by atoms with Gasteiger partial charge in [0.15, 0.2) is 11.9 Å². The molecular weight excluding hydrogens is 398 g/mol. The fraction of sp³-hybridized carbons (Fsp3) is 0.217. The van der Waals surface area contributed by atoms with Gasteiger partial charge in [-0.3, -0.25) is 24.6 Å². The molecule has 0 bridgehead atoms. The van der Waals surface area contributed by atoms with E-state index in [-0.39, 0.29) is 35.7 Å². The summed E-state index contributed by atoms with van der Waals surface area (Å²) in [4.78, 5) is 37.9. The van der Waals surface area contributed by atoms with Crippen LogP contribution in [0.25, 0.3) is 10.8 Å². The first-order valence-electron chi connectivity index (χ1n) is 9.89. The van der Waals surface area contributed by atoms with Crippen molar-refractivity contribution >= 4 is 39.6 Å². The van der Waals surface area contributed by atoms with E-state index in [0.717, 1.165) is 10.8 Å². The topological polar surface area (TPSA) is 102 Å². The van der Waals surface area contributed by atoms with Gasteiger partial charge in [-0.2, -0.15) is 0 Å². The lowest BCUT2D eigenvalue weighted by Crippen LogP contribution is -2.50. The highest BCUT2D eigenvalue weighted by Crippen LogP contribution is 2.38. The molecule has 158 valence electrons. The Balaban J connectivity index is 1.64. The highest BCUT2D eigenvalue weighted by Gasteiger charge is 2.38. The van der Waals surface area contributed by atoms with Crippen LogP contribution in [0.4, 0.5) is 17.1 Å². The number of ether oxygens (including phenoxy) is 1. The maximum Gasteiger partial charge on any atom is 0.273 e. The molecule has 31 heavy (non-hydrogen) atoms. The van der Waals surface area contributed by atoms with Gasteiger partial charge in [-0.1, -0.05) is 50.2 Å². The summed E-state index contributed by atoms with van der Waals surface area (Å²) >= 11 is 0. The highest BCUT2D eigenvalue weighted by molar-refractivity contribution is 6.08. The van der Waals surface area contributed by atoms with Crippen molar-refractivity contribution < 1.29 is 19.2 Å². The van der Waals surface area contributed by atoms with Gasteiger partial charge in [-0.05, 0) is 23.4 Å². The fourth-order valence-electron chi connectivity index (χ4n) is 3.65. The molecule has 0 saturated carbocycles. The van der Waals surface area contributed by atoms with Gasteiger partial charge in [0.1, 0.15) is 6.54 Å². The molecule has 0 saturated heterocycles. The van der Waals surface area contributed by atoms with Crippen LogP contribution in [0.3, 0.4) is 0 Å². The van der Waals surface area contributed by atoms with Gasteiger partial charge >= 0.3 is 0 Å². The minimum absolute atomic E-state index is 0.143. The second-order valence-electron chi connectivity index (χ2n) is 7.69. The molecule has 1 aliphatic heterocycles. The number of amides is 2. The van der Waals surface area contributed by atoms with E-state index in [1.807, 2.05) is 50.2 Å². The molecule has 1 heterocycles. The first-order chi connectivity index (χ1) is 14.8. The van der Waals surface area contributed by atoms with Crippen LogP contribution in [0.2, 0.25) is 0 Å². The van der Waals surface area contributed by atoms with Gasteiger partial charge in [0.25, 0.3) is 11.6 Å². The summed E-state index contributed by atoms with van der Waals surface area (Å²) in [5.41, 5.74) is 0.837. The van der Waals surface area contributed by atoms with E-state index < -0.39 is 11.0 Å². The predicted octanol–water partition coefficient (Wildman–Crippen LogP) is 4.14. The zero-order chi connectivity index (χ0) is 22.1. The lowest BCUT2D eigenvalue weighted by molar-refractivity contribution is -0.384. The number of carbonyl (C=O) groups is 2. The molecule has 1 N–H and O–H groups in total. The molecule has 0 radical (unpaired) electrons. The smallest absolute Gasteiger partial charge is 0.273 e. The molecule has 1 unspecified atom stereocenters. The molecule has 3 aromatic carbocycles. The van der Waals surface area contributed by atoms with Crippen LogP contribution in [0.1, 0.15) is 13.8 Å². The third-order valence-corrected chi connectivity index (χ3v) is 5.18. The zero-order valence-electron chi connectivity index (χ0n) is 17.1. The molecule has 3 aromatic rings. The van der Waals surface area contributed by atoms with Crippen LogP contribution >= 0.6 is 0 Å². The van der Waals surface area contributed by atoms with Crippen molar-refractivity contribution in [1.82, 2.24) is 0 Å². The van der Waals surface area contributed by atoms with Crippen molar-refractivity contribution in [2.24, 2.45) is 5.92 Å². The van der Waals surface area contributed by atoms with Crippen molar-refractivity contribution in [1.29, 1.82) is 0 Å². The standard InChI is InChI=1S/C23H21N3O5/c1-14(2)22-23(28)25(19-11-10-16(26(29)30)12-20(19)31-22)13-21(27)24-18-9-5-7-15-6-3-4-8-17(15)18/h3-12,14,22H,13H2,1-2H3,(H,24,27). The number of benzene rings is 3. The number of non-ortho nitro benzene ring substituents is 1. The molecule has 8 heteroatoms. The monoisotopic (exact) mass is 419 g/mol. The normalized spacial score (nSPS) is 15.5. The number of fused-ring (bicyclic) bond motifs is 2. The molecule has 2 amide bonds. The Bertz CT molecular complexity index is 1190. The number of nitro benzene ring substituents is 1. The van der Waals surface area contributed by atoms with Crippen molar-refractivity contribution in [3.8, 4) is 5.75 Å². The fourth-order valence-corrected chi connectivity index (χ4v) is 3.65. The zero-order valence-corrected chi connectivity index (χ0v) is 17.1. The maximum absolute atomic E-state index is 13.0. The Morgan fingerprint density at radius 2 is 1.90 bits per heavy atom. The summed E-state index contributed by atoms with van der Waals surface area (Å²) < 4.78 is 5.76. The summed E-state index contributed by atoms with van der Waals surface area (Å²) in [7, 11) is 0. The van der Waals surface area contributed by atoms with Crippen LogP contribution in [0.5, 0.6) is 5.75 Å². The summed E-state index contributed by atoms with van der Waals surface area (Å²) in [6.45, 7) is 3.40. The summed E-state index contributed by atoms with van der Waals surface area (Å²) in [6.07, 6.45) is -0.833. The largest absolute Gasteiger partial charge is 0.478 e. The average molecular weight is 419 g/mol. The number of nitrogens with zero attached hydrogens (tertiary/aromatic N) is 2. The summed E-state index contributed by atoms with van der Waals surface area (Å²) in [5, 5.41) is 15.9. The lowest BCUT2D eigenvalue weighted by atomic mass is 10.0. The van der Waals surface area contributed by atoms with Crippen molar-refractivity contribution in [2.45, 2.75) is 20.0 Å². The lowest BCUT2D eigenvalue weighted by Gasteiger charge is -2.35. The van der Waals surface area contributed by atoms with Gasteiger partial charge in [-0.15, -0.1) is 0 Å². The molecular formula is C23H21N3O5. The van der Waals surface area contributed by atoms with Gasteiger partial charge < -0.3 is 10.1 Å². The van der Waals surface area contributed by atoms with Gasteiger partial charge in [0.2, 0.25) is 5.91 Å². The number of hydrogen-bond donors (Lipinski definition) is 1. The Morgan fingerprint density at radius 3 is 2.65 bits per heavy atom. The van der Waals surface area contributed by atoms with Gasteiger partial charge in [0, 0.05) is 17.1 Å². The Morgan fingerprint density at radius 1 is 1.16 bits per heavy atom. The third-order valence-electron chi connectivity index (χ3n) is 5.18. The van der Waals surface area contributed by atoms with E-state index in [0.29, 0.717) is 11.4 Å². The molecule has 1 aliphatic rings. The number of carbonyl (C=O) groups excluding carboxylic acids is 2. The minimum atomic E-state index is -0.833. The average Bonchev–Trinajstić information content (AvgIpc) is 2.75. The number of anilines is 2. The highest BCUT2D eigenvalue weighted by atomic mass is 16.6. The molecule has 0 aromatic heterocycles. The molecule has 0 spiro atoms. The molecule has 0 fully saturated rings. The SMILES string of the molecule is CC(C)C1Oc2cc([N+](=O)[O-])ccc2N(CC(=O)Nc2cccc3ccccc23)C1=O. The van der Waals surface area contributed by atoms with Crippen molar-refractivity contribution in [3.63, 3.8) is 0 Å². The first kappa shape index (κ1) is 20.3. The van der Waals surface area contributed by atoms with Crippen molar-refractivity contribution in [2.75, 3.05) is 16.8 Å². The van der Waals surface area contributed by atoms with Crippen LogP contribution in [0, 0.1) is 16.0 Å². The van der Waals surface area contributed by atoms with Crippen LogP contribution in [0.15, 0.2) is 60.7 Å².